The van der Waals surface area contributed by atoms with E-state index < -0.39 is 28.7 Å². The molecular formula is C24H24F3IN2O4S. The van der Waals surface area contributed by atoms with Crippen LogP contribution in [0.1, 0.15) is 36.8 Å². The summed E-state index contributed by atoms with van der Waals surface area (Å²) < 4.78 is 80.4. The number of hydrogen-bond donors (Lipinski definition) is 0. The van der Waals surface area contributed by atoms with E-state index in [-0.39, 0.29) is 34.2 Å². The van der Waals surface area contributed by atoms with E-state index in [0.717, 1.165) is 20.7 Å². The Morgan fingerprint density at radius 1 is 1.14 bits per heavy atom. The van der Waals surface area contributed by atoms with Crippen LogP contribution in [0, 0.1) is 20.8 Å². The van der Waals surface area contributed by atoms with Crippen LogP contribution >= 0.6 is 22.6 Å². The highest BCUT2D eigenvalue weighted by Crippen LogP contribution is 2.40. The summed E-state index contributed by atoms with van der Waals surface area (Å²) in [5.74, 6) is 0.521. The van der Waals surface area contributed by atoms with Gasteiger partial charge in [0.1, 0.15) is 11.8 Å². The second-order valence-electron chi connectivity index (χ2n) is 8.72. The summed E-state index contributed by atoms with van der Waals surface area (Å²) in [4.78, 5) is -0.244. The highest BCUT2D eigenvalue weighted by atomic mass is 127. The Morgan fingerprint density at radius 2 is 1.89 bits per heavy atom. The number of fused-ring (bicyclic) bond motifs is 1. The van der Waals surface area contributed by atoms with Gasteiger partial charge in [-0.15, -0.1) is 0 Å². The van der Waals surface area contributed by atoms with Crippen molar-refractivity contribution >= 4 is 38.3 Å². The number of sulfonamides is 1. The molecule has 0 N–H and O–H groups in total. The van der Waals surface area contributed by atoms with Gasteiger partial charge in [0.2, 0.25) is 0 Å². The monoisotopic (exact) mass is 620 g/mol. The minimum absolute atomic E-state index is 0.0188. The lowest BCUT2D eigenvalue weighted by Crippen LogP contribution is -2.45. The zero-order chi connectivity index (χ0) is 25.2. The maximum atomic E-state index is 13.7. The highest BCUT2D eigenvalue weighted by Gasteiger charge is 2.42. The Morgan fingerprint density at radius 3 is 2.57 bits per heavy atom. The van der Waals surface area contributed by atoms with E-state index >= 15 is 0 Å². The van der Waals surface area contributed by atoms with Crippen molar-refractivity contribution in [3.05, 3.63) is 51.1 Å². The van der Waals surface area contributed by atoms with E-state index in [1.807, 2.05) is 6.07 Å². The zero-order valence-corrected chi connectivity index (χ0v) is 21.7. The quantitative estimate of drug-likeness (QED) is 0.403. The maximum Gasteiger partial charge on any atom is 0.391 e. The normalized spacial score (nSPS) is 19.2. The Kier molecular flexibility index (Phi) is 7.83. The number of halogens is 4. The van der Waals surface area contributed by atoms with Gasteiger partial charge in [-0.3, -0.25) is 4.31 Å². The molecule has 0 bridgehead atoms. The molecule has 2 aliphatic heterocycles. The number of benzene rings is 2. The van der Waals surface area contributed by atoms with Crippen molar-refractivity contribution in [2.75, 3.05) is 24.1 Å². The summed E-state index contributed by atoms with van der Waals surface area (Å²) in [5.41, 5.74) is 0.936. The van der Waals surface area contributed by atoms with Gasteiger partial charge in [0.05, 0.1) is 35.2 Å². The molecule has 1 fully saturated rings. The molecule has 1 unspecified atom stereocenters. The molecule has 0 saturated carbocycles. The first kappa shape index (κ1) is 26.0. The van der Waals surface area contributed by atoms with Crippen LogP contribution in [0.25, 0.3) is 0 Å². The highest BCUT2D eigenvalue weighted by molar-refractivity contribution is 14.1. The standard InChI is InChI=1S/C24H24F3IN2O4S/c25-24(26,27)13-20-3-1-17-11-19(28)2-5-22(17)30(20)35(31,32)21-4-6-23(18(12-21)14-29)34-15-16-7-9-33-10-8-16/h2,4-6,11-12,16,20H,1,3,7-10,13,15H2. The summed E-state index contributed by atoms with van der Waals surface area (Å²) in [7, 11) is -4.39. The molecule has 4 rings (SSSR count). The number of alkyl halides is 3. The van der Waals surface area contributed by atoms with Gasteiger partial charge in [-0.1, -0.05) is 0 Å². The molecule has 2 aromatic carbocycles. The van der Waals surface area contributed by atoms with Gasteiger partial charge in [-0.2, -0.15) is 18.4 Å². The number of aryl methyl sites for hydroxylation is 1. The van der Waals surface area contributed by atoms with Crippen molar-refractivity contribution in [2.45, 2.75) is 49.2 Å². The SMILES string of the molecule is N#Cc1cc(S(=O)(=O)N2c3ccc(I)cc3CCC2CC(F)(F)F)ccc1OCC1CCOCC1. The van der Waals surface area contributed by atoms with E-state index in [0.29, 0.717) is 31.8 Å². The van der Waals surface area contributed by atoms with Gasteiger partial charge in [-0.25, -0.2) is 8.42 Å². The number of ether oxygens (including phenoxy) is 2. The Hall–Kier alpha value is -2.04. The molecule has 11 heteroatoms. The number of rotatable bonds is 6. The third kappa shape index (κ3) is 6.03. The van der Waals surface area contributed by atoms with Crippen molar-refractivity contribution in [3.8, 4) is 11.8 Å². The molecule has 1 saturated heterocycles. The smallest absolute Gasteiger partial charge is 0.391 e. The van der Waals surface area contributed by atoms with E-state index in [2.05, 4.69) is 22.6 Å². The molecule has 0 aliphatic carbocycles. The van der Waals surface area contributed by atoms with Gasteiger partial charge >= 0.3 is 6.18 Å². The number of nitriles is 1. The number of hydrogen-bond acceptors (Lipinski definition) is 5. The summed E-state index contributed by atoms with van der Waals surface area (Å²) in [6.45, 7) is 1.66. The van der Waals surface area contributed by atoms with E-state index in [1.54, 1.807) is 18.2 Å². The van der Waals surface area contributed by atoms with Gasteiger partial charge in [0.25, 0.3) is 10.0 Å². The van der Waals surface area contributed by atoms with E-state index in [4.69, 9.17) is 9.47 Å². The van der Waals surface area contributed by atoms with Gasteiger partial charge in [0.15, 0.2) is 0 Å². The number of nitrogens with zero attached hydrogens (tertiary/aromatic N) is 2. The van der Waals surface area contributed by atoms with Crippen LogP contribution in [0.15, 0.2) is 41.3 Å². The predicted octanol–water partition coefficient (Wildman–Crippen LogP) is 5.43. The van der Waals surface area contributed by atoms with Crippen molar-refractivity contribution in [2.24, 2.45) is 5.92 Å². The van der Waals surface area contributed by atoms with Crippen molar-refractivity contribution in [3.63, 3.8) is 0 Å². The molecule has 2 aromatic rings. The van der Waals surface area contributed by atoms with Gasteiger partial charge in [0, 0.05) is 16.8 Å². The summed E-state index contributed by atoms with van der Waals surface area (Å²) in [5, 5.41) is 9.64. The van der Waals surface area contributed by atoms with Gasteiger partial charge < -0.3 is 9.47 Å². The third-order valence-electron chi connectivity index (χ3n) is 6.27. The van der Waals surface area contributed by atoms with Crippen molar-refractivity contribution in [1.29, 1.82) is 5.26 Å². The average Bonchev–Trinajstić information content (AvgIpc) is 2.82. The Balaban J connectivity index is 1.67. The first-order valence-corrected chi connectivity index (χ1v) is 13.7. The molecule has 2 heterocycles. The molecule has 1 atom stereocenters. The van der Waals surface area contributed by atoms with Crippen LogP contribution in [-0.4, -0.2) is 40.5 Å². The average molecular weight is 620 g/mol. The summed E-state index contributed by atoms with van der Waals surface area (Å²) >= 11 is 2.08. The van der Waals surface area contributed by atoms with Crippen LogP contribution in [0.5, 0.6) is 5.75 Å². The molecule has 6 nitrogen and oxygen atoms in total. The molecule has 188 valence electrons. The lowest BCUT2D eigenvalue weighted by molar-refractivity contribution is -0.138. The largest absolute Gasteiger partial charge is 0.492 e. The second-order valence-corrected chi connectivity index (χ2v) is 11.8. The second kappa shape index (κ2) is 10.5. The lowest BCUT2D eigenvalue weighted by atomic mass is 9.96. The Labute approximate surface area is 216 Å². The van der Waals surface area contributed by atoms with Gasteiger partial charge in [-0.05, 0) is 96.2 Å². The Bertz CT molecular complexity index is 1220. The first-order valence-electron chi connectivity index (χ1n) is 11.2. The minimum atomic E-state index is -4.53. The minimum Gasteiger partial charge on any atom is -0.492 e. The molecule has 0 radical (unpaired) electrons. The summed E-state index contributed by atoms with van der Waals surface area (Å²) in [6.07, 6.45) is -3.72. The van der Waals surface area contributed by atoms with Crippen LogP contribution in [0.2, 0.25) is 0 Å². The fourth-order valence-electron chi connectivity index (χ4n) is 4.50. The zero-order valence-electron chi connectivity index (χ0n) is 18.7. The predicted molar refractivity (Wildman–Crippen MR) is 132 cm³/mol. The maximum absolute atomic E-state index is 13.7. The summed E-state index contributed by atoms with van der Waals surface area (Å²) in [6, 6.07) is 9.57. The van der Waals surface area contributed by atoms with E-state index in [1.165, 1.54) is 18.2 Å². The van der Waals surface area contributed by atoms with Crippen LogP contribution in [0.3, 0.4) is 0 Å². The fraction of sp³-hybridized carbons (Fsp3) is 0.458. The topological polar surface area (TPSA) is 79.6 Å². The third-order valence-corrected chi connectivity index (χ3v) is 8.80. The fourth-order valence-corrected chi connectivity index (χ4v) is 6.80. The first-order chi connectivity index (χ1) is 16.6. The van der Waals surface area contributed by atoms with Crippen LogP contribution in [-0.2, 0) is 21.2 Å². The van der Waals surface area contributed by atoms with Crippen molar-refractivity contribution < 1.29 is 31.1 Å². The lowest BCUT2D eigenvalue weighted by Gasteiger charge is -2.38. The molecular weight excluding hydrogens is 596 g/mol. The molecule has 0 aromatic heterocycles. The van der Waals surface area contributed by atoms with Crippen molar-refractivity contribution in [1.82, 2.24) is 0 Å². The molecule has 35 heavy (non-hydrogen) atoms. The molecule has 2 aliphatic rings. The van der Waals surface area contributed by atoms with Crippen LogP contribution in [0.4, 0.5) is 18.9 Å². The number of anilines is 1. The van der Waals surface area contributed by atoms with E-state index in [9.17, 15) is 26.9 Å². The molecule has 0 spiro atoms. The van der Waals surface area contributed by atoms with Crippen LogP contribution < -0.4 is 9.04 Å². The molecule has 0 amide bonds.